The van der Waals surface area contributed by atoms with E-state index in [1.165, 1.54) is 0 Å². The molecule has 1 aromatic carbocycles. The van der Waals surface area contributed by atoms with E-state index < -0.39 is 0 Å². The Hall–Kier alpha value is -3.29. The van der Waals surface area contributed by atoms with Gasteiger partial charge in [-0.1, -0.05) is 12.1 Å². The maximum Gasteiger partial charge on any atom is 0.321 e. The SMILES string of the molecule is CCOc1ccccc1NC(=O)N1CCC(c2nnc(-c3ccco3)o2)CC1. The molecular formula is C20H22N4O4. The lowest BCUT2D eigenvalue weighted by molar-refractivity contribution is 0.190. The number of urea groups is 1. The molecule has 2 amide bonds. The lowest BCUT2D eigenvalue weighted by Gasteiger charge is -2.30. The van der Waals surface area contributed by atoms with Crippen LogP contribution in [0.3, 0.4) is 0 Å². The van der Waals surface area contributed by atoms with Crippen molar-refractivity contribution in [1.29, 1.82) is 0 Å². The lowest BCUT2D eigenvalue weighted by atomic mass is 9.97. The Kier molecular flexibility index (Phi) is 5.27. The van der Waals surface area contributed by atoms with Crippen molar-refractivity contribution >= 4 is 11.7 Å². The van der Waals surface area contributed by atoms with Gasteiger partial charge < -0.3 is 23.8 Å². The van der Waals surface area contributed by atoms with Crippen molar-refractivity contribution in [2.24, 2.45) is 0 Å². The quantitative estimate of drug-likeness (QED) is 0.713. The van der Waals surface area contributed by atoms with E-state index in [0.29, 0.717) is 48.7 Å². The minimum atomic E-state index is -0.132. The number of benzene rings is 1. The molecule has 1 aliphatic heterocycles. The molecule has 1 saturated heterocycles. The van der Waals surface area contributed by atoms with Crippen LogP contribution in [0.4, 0.5) is 10.5 Å². The van der Waals surface area contributed by atoms with Crippen LogP contribution in [0, 0.1) is 0 Å². The second-order valence-corrected chi connectivity index (χ2v) is 6.54. The summed E-state index contributed by atoms with van der Waals surface area (Å²) in [5.41, 5.74) is 0.677. The van der Waals surface area contributed by atoms with Gasteiger partial charge in [0.05, 0.1) is 18.6 Å². The topological polar surface area (TPSA) is 93.6 Å². The predicted molar refractivity (Wildman–Crippen MR) is 102 cm³/mol. The first kappa shape index (κ1) is 18.1. The molecule has 0 spiro atoms. The highest BCUT2D eigenvalue weighted by atomic mass is 16.5. The Morgan fingerprint density at radius 1 is 1.21 bits per heavy atom. The molecule has 0 radical (unpaired) electrons. The van der Waals surface area contributed by atoms with Gasteiger partial charge in [-0.3, -0.25) is 0 Å². The van der Waals surface area contributed by atoms with Crippen LogP contribution in [0.1, 0.15) is 31.6 Å². The predicted octanol–water partition coefficient (Wildman–Crippen LogP) is 4.14. The third-order valence-corrected chi connectivity index (χ3v) is 4.73. The average molecular weight is 382 g/mol. The number of hydrogen-bond donors (Lipinski definition) is 1. The van der Waals surface area contributed by atoms with Crippen LogP contribution in [0.5, 0.6) is 5.75 Å². The number of carbonyl (C=O) groups excluding carboxylic acids is 1. The molecular weight excluding hydrogens is 360 g/mol. The number of carbonyl (C=O) groups is 1. The van der Waals surface area contributed by atoms with Crippen LogP contribution >= 0.6 is 0 Å². The molecule has 0 bridgehead atoms. The molecule has 146 valence electrons. The van der Waals surface area contributed by atoms with E-state index in [2.05, 4.69) is 15.5 Å². The smallest absolute Gasteiger partial charge is 0.321 e. The van der Waals surface area contributed by atoms with Crippen LogP contribution < -0.4 is 10.1 Å². The number of para-hydroxylation sites is 2. The molecule has 28 heavy (non-hydrogen) atoms. The molecule has 0 aliphatic carbocycles. The number of ether oxygens (including phenoxy) is 1. The van der Waals surface area contributed by atoms with Gasteiger partial charge in [0.1, 0.15) is 5.75 Å². The largest absolute Gasteiger partial charge is 0.492 e. The molecule has 8 heteroatoms. The van der Waals surface area contributed by atoms with Crippen LogP contribution in [-0.4, -0.2) is 40.8 Å². The van der Waals surface area contributed by atoms with Gasteiger partial charge in [0.2, 0.25) is 5.89 Å². The minimum absolute atomic E-state index is 0.132. The van der Waals surface area contributed by atoms with Crippen molar-refractivity contribution in [2.75, 3.05) is 25.0 Å². The van der Waals surface area contributed by atoms with E-state index in [-0.39, 0.29) is 11.9 Å². The maximum absolute atomic E-state index is 12.6. The molecule has 0 saturated carbocycles. The zero-order valence-electron chi connectivity index (χ0n) is 15.6. The summed E-state index contributed by atoms with van der Waals surface area (Å²) in [5.74, 6) is 2.34. The van der Waals surface area contributed by atoms with Crippen LogP contribution in [-0.2, 0) is 0 Å². The van der Waals surface area contributed by atoms with E-state index in [4.69, 9.17) is 13.6 Å². The second kappa shape index (κ2) is 8.16. The first-order chi connectivity index (χ1) is 13.7. The zero-order valence-corrected chi connectivity index (χ0v) is 15.6. The number of nitrogens with one attached hydrogen (secondary N) is 1. The first-order valence-electron chi connectivity index (χ1n) is 9.39. The molecule has 3 heterocycles. The number of rotatable bonds is 5. The molecule has 0 unspecified atom stereocenters. The number of aromatic nitrogens is 2. The molecule has 1 N–H and O–H groups in total. The third kappa shape index (κ3) is 3.85. The molecule has 2 aromatic heterocycles. The Morgan fingerprint density at radius 2 is 2.04 bits per heavy atom. The van der Waals surface area contributed by atoms with Gasteiger partial charge in [-0.05, 0) is 44.0 Å². The van der Waals surface area contributed by atoms with Crippen LogP contribution in [0.15, 0.2) is 51.5 Å². The highest BCUT2D eigenvalue weighted by Gasteiger charge is 2.28. The molecule has 1 aliphatic rings. The summed E-state index contributed by atoms with van der Waals surface area (Å²) < 4.78 is 16.6. The highest BCUT2D eigenvalue weighted by molar-refractivity contribution is 5.91. The Balaban J connectivity index is 1.35. The fourth-order valence-electron chi connectivity index (χ4n) is 3.27. The number of anilines is 1. The molecule has 4 rings (SSSR count). The summed E-state index contributed by atoms with van der Waals surface area (Å²) in [7, 11) is 0. The number of amides is 2. The van der Waals surface area contributed by atoms with E-state index >= 15 is 0 Å². The van der Waals surface area contributed by atoms with Crippen molar-refractivity contribution in [2.45, 2.75) is 25.7 Å². The van der Waals surface area contributed by atoms with Gasteiger partial charge in [0.15, 0.2) is 5.76 Å². The fraction of sp³-hybridized carbons (Fsp3) is 0.350. The van der Waals surface area contributed by atoms with E-state index in [1.807, 2.05) is 31.2 Å². The standard InChI is InChI=1S/C20H22N4O4/c1-2-26-16-7-4-3-6-15(16)21-20(25)24-11-9-14(10-12-24)18-22-23-19(28-18)17-8-5-13-27-17/h3-8,13-14H,2,9-12H2,1H3,(H,21,25). The molecule has 0 atom stereocenters. The number of piperidine rings is 1. The van der Waals surface area contributed by atoms with Crippen molar-refractivity contribution < 1.29 is 18.4 Å². The number of nitrogens with zero attached hydrogens (tertiary/aromatic N) is 3. The van der Waals surface area contributed by atoms with Gasteiger partial charge in [0.25, 0.3) is 5.89 Å². The summed E-state index contributed by atoms with van der Waals surface area (Å²) in [6.07, 6.45) is 3.10. The highest BCUT2D eigenvalue weighted by Crippen LogP contribution is 2.30. The monoisotopic (exact) mass is 382 g/mol. The van der Waals surface area contributed by atoms with Crippen molar-refractivity contribution in [3.05, 3.63) is 48.6 Å². The summed E-state index contributed by atoms with van der Waals surface area (Å²) in [4.78, 5) is 14.4. The van der Waals surface area contributed by atoms with Gasteiger partial charge in [-0.25, -0.2) is 4.79 Å². The summed E-state index contributed by atoms with van der Waals surface area (Å²) in [6, 6.07) is 10.9. The van der Waals surface area contributed by atoms with Crippen LogP contribution in [0.25, 0.3) is 11.7 Å². The summed E-state index contributed by atoms with van der Waals surface area (Å²) >= 11 is 0. The Bertz CT molecular complexity index is 914. The molecule has 3 aromatic rings. The van der Waals surface area contributed by atoms with Crippen molar-refractivity contribution in [1.82, 2.24) is 15.1 Å². The third-order valence-electron chi connectivity index (χ3n) is 4.73. The maximum atomic E-state index is 12.6. The minimum Gasteiger partial charge on any atom is -0.492 e. The van der Waals surface area contributed by atoms with Crippen LogP contribution in [0.2, 0.25) is 0 Å². The summed E-state index contributed by atoms with van der Waals surface area (Å²) in [6.45, 7) is 3.69. The average Bonchev–Trinajstić information content (AvgIpc) is 3.42. The van der Waals surface area contributed by atoms with E-state index in [1.54, 1.807) is 23.3 Å². The molecule has 1 fully saturated rings. The van der Waals surface area contributed by atoms with Crippen molar-refractivity contribution in [3.8, 4) is 17.4 Å². The first-order valence-corrected chi connectivity index (χ1v) is 9.39. The Morgan fingerprint density at radius 3 is 2.79 bits per heavy atom. The fourth-order valence-corrected chi connectivity index (χ4v) is 3.27. The van der Waals surface area contributed by atoms with Crippen molar-refractivity contribution in [3.63, 3.8) is 0 Å². The zero-order chi connectivity index (χ0) is 19.3. The Labute approximate surface area is 162 Å². The lowest BCUT2D eigenvalue weighted by Crippen LogP contribution is -2.40. The van der Waals surface area contributed by atoms with Gasteiger partial charge in [0, 0.05) is 19.0 Å². The second-order valence-electron chi connectivity index (χ2n) is 6.54. The number of hydrogen-bond acceptors (Lipinski definition) is 6. The number of furan rings is 1. The number of likely N-dealkylation sites (tertiary alicyclic amines) is 1. The molecule has 8 nitrogen and oxygen atoms in total. The van der Waals surface area contributed by atoms with Gasteiger partial charge >= 0.3 is 6.03 Å². The van der Waals surface area contributed by atoms with E-state index in [9.17, 15) is 4.79 Å². The summed E-state index contributed by atoms with van der Waals surface area (Å²) in [5, 5.41) is 11.1. The van der Waals surface area contributed by atoms with Gasteiger partial charge in [-0.2, -0.15) is 0 Å². The normalized spacial score (nSPS) is 14.8. The van der Waals surface area contributed by atoms with Gasteiger partial charge in [-0.15, -0.1) is 10.2 Å². The van der Waals surface area contributed by atoms with E-state index in [0.717, 1.165) is 12.8 Å².